The molecular formula is C19H20FN3O3S. The molecule has 0 radical (unpaired) electrons. The van der Waals surface area contributed by atoms with E-state index in [0.717, 1.165) is 16.5 Å². The number of amides is 1. The maximum Gasteiger partial charge on any atom is 0.250 e. The first-order chi connectivity index (χ1) is 12.8. The van der Waals surface area contributed by atoms with Crippen molar-refractivity contribution < 1.29 is 18.3 Å². The molecule has 27 heavy (non-hydrogen) atoms. The fraction of sp³-hybridized carbons (Fsp3) is 0.263. The lowest BCUT2D eigenvalue weighted by Crippen LogP contribution is -2.19. The van der Waals surface area contributed by atoms with Gasteiger partial charge < -0.3 is 10.7 Å². The van der Waals surface area contributed by atoms with Crippen LogP contribution in [0.5, 0.6) is 0 Å². The van der Waals surface area contributed by atoms with E-state index in [1.54, 1.807) is 12.1 Å². The fourth-order valence-electron chi connectivity index (χ4n) is 3.72. The molecule has 0 bridgehead atoms. The van der Waals surface area contributed by atoms with Crippen molar-refractivity contribution in [3.63, 3.8) is 0 Å². The van der Waals surface area contributed by atoms with Crippen molar-refractivity contribution in [3.05, 3.63) is 53.7 Å². The van der Waals surface area contributed by atoms with Gasteiger partial charge in [-0.05, 0) is 54.2 Å². The molecule has 1 saturated heterocycles. The van der Waals surface area contributed by atoms with Crippen LogP contribution in [0.25, 0.3) is 22.0 Å². The van der Waals surface area contributed by atoms with E-state index in [-0.39, 0.29) is 5.92 Å². The summed E-state index contributed by atoms with van der Waals surface area (Å²) in [5.74, 6) is -0.189. The number of rotatable bonds is 3. The Bertz CT molecular complexity index is 1010. The van der Waals surface area contributed by atoms with Gasteiger partial charge in [-0.3, -0.25) is 13.9 Å². The Kier molecular flexibility index (Phi) is 4.41. The van der Waals surface area contributed by atoms with Crippen molar-refractivity contribution in [3.8, 4) is 11.1 Å². The van der Waals surface area contributed by atoms with Gasteiger partial charge in [0.25, 0.3) is 5.91 Å². The Hall–Kier alpha value is -2.42. The van der Waals surface area contributed by atoms with Gasteiger partial charge in [-0.1, -0.05) is 0 Å². The number of nitrogens with two attached hydrogens (primary N) is 1. The molecule has 1 aromatic carbocycles. The third kappa shape index (κ3) is 3.43. The van der Waals surface area contributed by atoms with Gasteiger partial charge in [0, 0.05) is 34.8 Å². The number of halogens is 1. The Labute approximate surface area is 157 Å². The summed E-state index contributed by atoms with van der Waals surface area (Å²) >= 11 is 0. The molecule has 8 heteroatoms. The van der Waals surface area contributed by atoms with Gasteiger partial charge in [-0.15, -0.1) is 0 Å². The molecule has 1 amide bonds. The van der Waals surface area contributed by atoms with Gasteiger partial charge in [-0.25, -0.2) is 4.98 Å². The molecule has 142 valence electrons. The van der Waals surface area contributed by atoms with E-state index in [1.807, 2.05) is 12.3 Å². The van der Waals surface area contributed by atoms with Crippen molar-refractivity contribution in [2.75, 3.05) is 11.5 Å². The van der Waals surface area contributed by atoms with Gasteiger partial charge >= 0.3 is 0 Å². The highest BCUT2D eigenvalue weighted by Gasteiger charge is 2.27. The predicted molar refractivity (Wildman–Crippen MR) is 105 cm³/mol. The zero-order valence-electron chi connectivity index (χ0n) is 14.5. The van der Waals surface area contributed by atoms with Crippen LogP contribution in [-0.2, 0) is 0 Å². The molecule has 6 nitrogen and oxygen atoms in total. The summed E-state index contributed by atoms with van der Waals surface area (Å²) in [5, 5.41) is 0.869. The number of nitrogens with zero attached hydrogens (tertiary/aromatic N) is 1. The van der Waals surface area contributed by atoms with Crippen LogP contribution in [-0.4, -0.2) is 36.5 Å². The molecule has 0 saturated carbocycles. The summed E-state index contributed by atoms with van der Waals surface area (Å²) in [7, 11) is -2.46. The average Bonchev–Trinajstić information content (AvgIpc) is 3.05. The Morgan fingerprint density at radius 3 is 2.59 bits per heavy atom. The summed E-state index contributed by atoms with van der Waals surface area (Å²) < 4.78 is 32.9. The van der Waals surface area contributed by atoms with Gasteiger partial charge in [0.05, 0.1) is 11.1 Å². The van der Waals surface area contributed by atoms with Crippen molar-refractivity contribution in [2.45, 2.75) is 18.8 Å². The van der Waals surface area contributed by atoms with Gasteiger partial charge in [0.2, 0.25) is 5.95 Å². The maximum atomic E-state index is 13.2. The van der Waals surface area contributed by atoms with E-state index in [0.29, 0.717) is 41.0 Å². The van der Waals surface area contributed by atoms with Gasteiger partial charge in [0.1, 0.15) is 0 Å². The second-order valence-electron chi connectivity index (χ2n) is 6.91. The van der Waals surface area contributed by atoms with Crippen molar-refractivity contribution in [1.29, 1.82) is 0 Å². The number of benzene rings is 1. The zero-order chi connectivity index (χ0) is 19.2. The minimum atomic E-state index is -2.46. The summed E-state index contributed by atoms with van der Waals surface area (Å²) in [4.78, 5) is 18.8. The second kappa shape index (κ2) is 6.63. The molecule has 1 aliphatic rings. The molecule has 1 aliphatic heterocycles. The number of hydrogen-bond acceptors (Lipinski definition) is 4. The topological polar surface area (TPSA) is 112 Å². The van der Waals surface area contributed by atoms with E-state index in [9.17, 15) is 18.3 Å². The lowest BCUT2D eigenvalue weighted by Gasteiger charge is -2.39. The van der Waals surface area contributed by atoms with Crippen LogP contribution in [0.2, 0.25) is 0 Å². The number of aromatic amines is 1. The van der Waals surface area contributed by atoms with Crippen LogP contribution in [0.1, 0.15) is 34.7 Å². The van der Waals surface area contributed by atoms with E-state index in [1.165, 1.54) is 12.3 Å². The quantitative estimate of drug-likeness (QED) is 0.505. The molecule has 0 unspecified atom stereocenters. The molecule has 3 heterocycles. The number of fused-ring (bicyclic) bond motifs is 1. The lowest BCUT2D eigenvalue weighted by atomic mass is 9.91. The van der Waals surface area contributed by atoms with Crippen LogP contribution < -0.4 is 5.73 Å². The normalized spacial score (nSPS) is 18.5. The number of pyridine rings is 1. The van der Waals surface area contributed by atoms with E-state index < -0.39 is 22.4 Å². The summed E-state index contributed by atoms with van der Waals surface area (Å²) in [6.45, 7) is 0. The molecule has 0 aliphatic carbocycles. The number of carbonyl (C=O) groups excluding carboxylic acids is 1. The lowest BCUT2D eigenvalue weighted by molar-refractivity contribution is 0.100. The van der Waals surface area contributed by atoms with Crippen LogP contribution in [0.4, 0.5) is 4.39 Å². The average molecular weight is 389 g/mol. The predicted octanol–water partition coefficient (Wildman–Crippen LogP) is 4.10. The molecule has 4 rings (SSSR count). The molecular weight excluding hydrogens is 369 g/mol. The van der Waals surface area contributed by atoms with E-state index >= 15 is 0 Å². The Morgan fingerprint density at radius 1 is 1.22 bits per heavy atom. The first-order valence-corrected chi connectivity index (χ1v) is 10.5. The fourth-order valence-corrected chi connectivity index (χ4v) is 5.25. The summed E-state index contributed by atoms with van der Waals surface area (Å²) in [6.07, 6.45) is 4.63. The highest BCUT2D eigenvalue weighted by molar-refractivity contribution is 8.24. The number of hydrogen-bond donors (Lipinski definition) is 4. The first kappa shape index (κ1) is 18.0. The second-order valence-corrected chi connectivity index (χ2v) is 9.33. The number of H-pyrrole nitrogens is 1. The number of nitrogens with one attached hydrogen (secondary N) is 1. The Morgan fingerprint density at radius 2 is 1.96 bits per heavy atom. The molecule has 3 aromatic rings. The smallest absolute Gasteiger partial charge is 0.250 e. The zero-order valence-corrected chi connectivity index (χ0v) is 15.3. The molecule has 1 fully saturated rings. The van der Waals surface area contributed by atoms with Crippen LogP contribution in [0, 0.1) is 5.95 Å². The first-order valence-electron chi connectivity index (χ1n) is 8.64. The van der Waals surface area contributed by atoms with Crippen molar-refractivity contribution >= 4 is 27.4 Å². The Balaban J connectivity index is 1.82. The molecule has 2 aromatic heterocycles. The maximum absolute atomic E-state index is 13.2. The van der Waals surface area contributed by atoms with Crippen LogP contribution >= 0.6 is 10.6 Å². The van der Waals surface area contributed by atoms with E-state index in [2.05, 4.69) is 9.97 Å². The number of carbonyl (C=O) groups is 1. The minimum absolute atomic E-state index is 0.168. The monoisotopic (exact) mass is 389 g/mol. The molecule has 0 spiro atoms. The SMILES string of the molecule is NC(=O)c1cc(-c2ccc(F)nc2)cc2c(C3CCS(O)(O)CC3)c[nH]c12. The number of aromatic nitrogens is 2. The third-order valence-corrected chi connectivity index (χ3v) is 6.95. The highest BCUT2D eigenvalue weighted by atomic mass is 32.3. The van der Waals surface area contributed by atoms with Gasteiger partial charge in [-0.2, -0.15) is 15.0 Å². The van der Waals surface area contributed by atoms with Crippen molar-refractivity contribution in [1.82, 2.24) is 9.97 Å². The van der Waals surface area contributed by atoms with Gasteiger partial charge in [0.15, 0.2) is 0 Å². The minimum Gasteiger partial charge on any atom is -0.366 e. The molecule has 5 N–H and O–H groups in total. The molecule has 0 atom stereocenters. The van der Waals surface area contributed by atoms with Crippen molar-refractivity contribution in [2.24, 2.45) is 5.73 Å². The summed E-state index contributed by atoms with van der Waals surface area (Å²) in [5.41, 5.74) is 9.04. The standard InChI is InChI=1S/C19H20FN3O3S/c20-17-2-1-12(9-22-17)13-7-14-16(11-3-5-27(25,26)6-4-11)10-23-18(14)15(8-13)19(21)24/h1-2,7-11,23,25-26H,3-6H2,(H2,21,24). The van der Waals surface area contributed by atoms with Crippen LogP contribution in [0.3, 0.4) is 0 Å². The van der Waals surface area contributed by atoms with E-state index in [4.69, 9.17) is 5.73 Å². The highest BCUT2D eigenvalue weighted by Crippen LogP contribution is 2.49. The largest absolute Gasteiger partial charge is 0.366 e. The number of primary amides is 1. The third-order valence-electron chi connectivity index (χ3n) is 5.17. The van der Waals surface area contributed by atoms with Crippen LogP contribution in [0.15, 0.2) is 36.7 Å². The summed E-state index contributed by atoms with van der Waals surface area (Å²) in [6, 6.07) is 6.50.